The number of primary sulfonamides is 1. The van der Waals surface area contributed by atoms with Crippen LogP contribution in [0.1, 0.15) is 44.2 Å². The monoisotopic (exact) mass is 428 g/mol. The minimum atomic E-state index is -3.95. The average molecular weight is 429 g/mol. The Morgan fingerprint density at radius 2 is 2.12 bits per heavy atom. The first-order valence-corrected chi connectivity index (χ1v) is 13.6. The second-order valence-electron chi connectivity index (χ2n) is 6.18. The quantitative estimate of drug-likeness (QED) is 0.640. The summed E-state index contributed by atoms with van der Waals surface area (Å²) in [5.41, 5.74) is 0.498. The zero-order chi connectivity index (χ0) is 18.8. The van der Waals surface area contributed by atoms with Gasteiger partial charge in [-0.25, -0.2) is 22.0 Å². The molecule has 0 saturated carbocycles. The van der Waals surface area contributed by atoms with Gasteiger partial charge in [0.2, 0.25) is 10.0 Å². The maximum Gasteiger partial charge on any atom is 0.247 e. The van der Waals surface area contributed by atoms with Crippen LogP contribution in [0.25, 0.3) is 0 Å². The van der Waals surface area contributed by atoms with E-state index >= 15 is 0 Å². The molecular formula is C14H24N2O5S4. The van der Waals surface area contributed by atoms with Gasteiger partial charge < -0.3 is 5.32 Å². The first-order valence-electron chi connectivity index (χ1n) is 8.01. The first-order chi connectivity index (χ1) is 11.6. The molecule has 1 aliphatic heterocycles. The highest BCUT2D eigenvalue weighted by Crippen LogP contribution is 2.43. The molecule has 3 N–H and O–H groups in total. The van der Waals surface area contributed by atoms with Crippen molar-refractivity contribution in [3.63, 3.8) is 0 Å². The Bertz CT molecular complexity index is 845. The van der Waals surface area contributed by atoms with E-state index in [0.717, 1.165) is 17.8 Å². The maximum atomic E-state index is 12.9. The molecule has 7 nitrogen and oxygen atoms in total. The van der Waals surface area contributed by atoms with Crippen LogP contribution in [0.5, 0.6) is 0 Å². The van der Waals surface area contributed by atoms with E-state index in [4.69, 9.17) is 5.14 Å². The van der Waals surface area contributed by atoms with Gasteiger partial charge in [-0.05, 0) is 38.3 Å². The van der Waals surface area contributed by atoms with E-state index < -0.39 is 35.9 Å². The van der Waals surface area contributed by atoms with Crippen LogP contribution in [0.4, 0.5) is 0 Å². The SMILES string of the molecule is CCCN[C@H]1C[C@H](CCCS(C)=O)S(=O)(=O)c2sc(S(N)(=O)=O)cc21. The zero-order valence-corrected chi connectivity index (χ0v) is 17.5. The Labute approximate surface area is 155 Å². The van der Waals surface area contributed by atoms with Gasteiger partial charge in [-0.15, -0.1) is 11.3 Å². The predicted octanol–water partition coefficient (Wildman–Crippen LogP) is 1.14. The molecule has 1 aliphatic rings. The van der Waals surface area contributed by atoms with Gasteiger partial charge in [-0.1, -0.05) is 6.92 Å². The zero-order valence-electron chi connectivity index (χ0n) is 14.2. The van der Waals surface area contributed by atoms with Gasteiger partial charge in [0, 0.05) is 34.4 Å². The van der Waals surface area contributed by atoms with Crippen molar-refractivity contribution in [2.45, 2.75) is 52.3 Å². The van der Waals surface area contributed by atoms with Crippen molar-refractivity contribution in [2.75, 3.05) is 18.6 Å². The summed E-state index contributed by atoms with van der Waals surface area (Å²) in [6.45, 7) is 2.71. The number of sulfonamides is 1. The molecule has 3 atom stereocenters. The number of nitrogens with two attached hydrogens (primary N) is 1. The number of hydrogen-bond donors (Lipinski definition) is 2. The summed E-state index contributed by atoms with van der Waals surface area (Å²) >= 11 is 0.729. The van der Waals surface area contributed by atoms with Gasteiger partial charge in [0.15, 0.2) is 9.84 Å². The van der Waals surface area contributed by atoms with E-state index in [9.17, 15) is 21.0 Å². The minimum absolute atomic E-state index is 0.0963. The lowest BCUT2D eigenvalue weighted by Gasteiger charge is -2.30. The second kappa shape index (κ2) is 8.13. The van der Waals surface area contributed by atoms with E-state index in [1.807, 2.05) is 6.92 Å². The lowest BCUT2D eigenvalue weighted by molar-refractivity contribution is 0.448. The molecule has 1 unspecified atom stereocenters. The van der Waals surface area contributed by atoms with Crippen LogP contribution in [-0.2, 0) is 30.7 Å². The number of nitrogens with one attached hydrogen (secondary N) is 1. The highest BCUT2D eigenvalue weighted by molar-refractivity contribution is 7.95. The lowest BCUT2D eigenvalue weighted by atomic mass is 10.0. The van der Waals surface area contributed by atoms with E-state index in [1.54, 1.807) is 6.26 Å². The molecule has 0 aliphatic carbocycles. The minimum Gasteiger partial charge on any atom is -0.310 e. The molecule has 0 aromatic carbocycles. The molecule has 0 fully saturated rings. The predicted molar refractivity (Wildman–Crippen MR) is 100 cm³/mol. The van der Waals surface area contributed by atoms with E-state index in [-0.39, 0.29) is 14.5 Å². The van der Waals surface area contributed by atoms with Gasteiger partial charge in [0.1, 0.15) is 8.42 Å². The molecule has 0 saturated heterocycles. The van der Waals surface area contributed by atoms with Crippen molar-refractivity contribution < 1.29 is 21.0 Å². The maximum absolute atomic E-state index is 12.9. The van der Waals surface area contributed by atoms with Gasteiger partial charge in [0.05, 0.1) is 5.25 Å². The standard InChI is InChI=1S/C14H24N2O5S4/c1-3-6-16-12-8-10(5-4-7-23(2)17)24(18,19)14-11(12)9-13(22-14)25(15,20)21/h9-10,12,16H,3-8H2,1-2H3,(H2,15,20,21)/t10-,12-,23?/m0/s1. The Morgan fingerprint density at radius 3 is 2.68 bits per heavy atom. The second-order valence-corrected chi connectivity index (χ2v) is 13.0. The van der Waals surface area contributed by atoms with Crippen molar-refractivity contribution in [2.24, 2.45) is 5.14 Å². The van der Waals surface area contributed by atoms with Crippen LogP contribution in [0.3, 0.4) is 0 Å². The van der Waals surface area contributed by atoms with Crippen LogP contribution >= 0.6 is 11.3 Å². The largest absolute Gasteiger partial charge is 0.310 e. The summed E-state index contributed by atoms with van der Waals surface area (Å²) in [6, 6.07) is 1.17. The molecule has 2 rings (SSSR count). The fourth-order valence-electron chi connectivity index (χ4n) is 2.94. The highest BCUT2D eigenvalue weighted by atomic mass is 32.3. The lowest BCUT2D eigenvalue weighted by Crippen LogP contribution is -2.35. The molecule has 11 heteroatoms. The van der Waals surface area contributed by atoms with E-state index in [1.165, 1.54) is 6.07 Å². The summed E-state index contributed by atoms with van der Waals surface area (Å²) in [7, 11) is -8.53. The van der Waals surface area contributed by atoms with Gasteiger partial charge in [-0.2, -0.15) is 0 Å². The Balaban J connectivity index is 2.40. The molecule has 1 aromatic heterocycles. The molecular weight excluding hydrogens is 404 g/mol. The third kappa shape index (κ3) is 4.89. The Hall–Kier alpha value is -0.330. The Morgan fingerprint density at radius 1 is 1.44 bits per heavy atom. The third-order valence-electron chi connectivity index (χ3n) is 4.15. The number of rotatable bonds is 8. The van der Waals surface area contributed by atoms with Crippen LogP contribution in [0.2, 0.25) is 0 Å². The van der Waals surface area contributed by atoms with Crippen molar-refractivity contribution >= 4 is 42.0 Å². The fourth-order valence-corrected chi connectivity index (χ4v) is 8.26. The van der Waals surface area contributed by atoms with Crippen molar-refractivity contribution in [3.8, 4) is 0 Å². The highest BCUT2D eigenvalue weighted by Gasteiger charge is 2.41. The smallest absolute Gasteiger partial charge is 0.247 e. The number of thiophene rings is 1. The van der Waals surface area contributed by atoms with E-state index in [2.05, 4.69) is 5.32 Å². The number of hydrogen-bond acceptors (Lipinski definition) is 7. The van der Waals surface area contributed by atoms with Crippen LogP contribution < -0.4 is 10.5 Å². The molecule has 0 amide bonds. The Kier molecular flexibility index (Phi) is 6.83. The van der Waals surface area contributed by atoms with Gasteiger partial charge >= 0.3 is 0 Å². The normalized spacial score (nSPS) is 24.0. The van der Waals surface area contributed by atoms with Crippen LogP contribution in [0.15, 0.2) is 14.5 Å². The fraction of sp³-hybridized carbons (Fsp3) is 0.714. The molecule has 144 valence electrons. The first kappa shape index (κ1) is 21.0. The third-order valence-corrected chi connectivity index (χ3v) is 10.4. The van der Waals surface area contributed by atoms with E-state index in [0.29, 0.717) is 37.1 Å². The van der Waals surface area contributed by atoms with Crippen molar-refractivity contribution in [3.05, 3.63) is 11.6 Å². The molecule has 0 spiro atoms. The number of sulfone groups is 1. The summed E-state index contributed by atoms with van der Waals surface area (Å²) in [4.78, 5) is 0. The van der Waals surface area contributed by atoms with Crippen LogP contribution in [-0.4, -0.2) is 44.8 Å². The molecule has 0 radical (unpaired) electrons. The molecule has 0 bridgehead atoms. The van der Waals surface area contributed by atoms with Gasteiger partial charge in [0.25, 0.3) is 0 Å². The number of fused-ring (bicyclic) bond motifs is 1. The summed E-state index contributed by atoms with van der Waals surface area (Å²) < 4.78 is 60.3. The van der Waals surface area contributed by atoms with Crippen molar-refractivity contribution in [1.82, 2.24) is 5.32 Å². The van der Waals surface area contributed by atoms with Gasteiger partial charge in [-0.3, -0.25) is 4.21 Å². The summed E-state index contributed by atoms with van der Waals surface area (Å²) in [5.74, 6) is 0.457. The van der Waals surface area contributed by atoms with Crippen LogP contribution in [0, 0.1) is 0 Å². The summed E-state index contributed by atoms with van der Waals surface area (Å²) in [6.07, 6.45) is 3.82. The topological polar surface area (TPSA) is 123 Å². The average Bonchev–Trinajstić information content (AvgIpc) is 2.95. The van der Waals surface area contributed by atoms with Crippen molar-refractivity contribution in [1.29, 1.82) is 0 Å². The molecule has 25 heavy (non-hydrogen) atoms. The molecule has 1 aromatic rings. The summed E-state index contributed by atoms with van der Waals surface area (Å²) in [5, 5.41) is 7.88. The molecule has 2 heterocycles.